The van der Waals surface area contributed by atoms with Crippen molar-refractivity contribution in [1.82, 2.24) is 9.21 Å². The third kappa shape index (κ3) is 4.06. The van der Waals surface area contributed by atoms with Crippen LogP contribution >= 0.6 is 11.6 Å². The fraction of sp³-hybridized carbons (Fsp3) is 0.429. The first-order chi connectivity index (χ1) is 13.0. The van der Waals surface area contributed by atoms with Crippen LogP contribution in [-0.2, 0) is 23.0 Å². The van der Waals surface area contributed by atoms with Gasteiger partial charge < -0.3 is 0 Å². The third-order valence-corrected chi connectivity index (χ3v) is 8.03. The number of piperidine rings is 1. The molecule has 1 atom stereocenters. The largest absolute Gasteiger partial charge is 0.298 e. The van der Waals surface area contributed by atoms with E-state index in [2.05, 4.69) is 29.2 Å². The van der Waals surface area contributed by atoms with Gasteiger partial charge in [-0.1, -0.05) is 48.0 Å². The van der Waals surface area contributed by atoms with Crippen molar-refractivity contribution < 1.29 is 8.42 Å². The first-order valence-electron chi connectivity index (χ1n) is 9.58. The van der Waals surface area contributed by atoms with Crippen molar-refractivity contribution in [2.45, 2.75) is 30.7 Å². The summed E-state index contributed by atoms with van der Waals surface area (Å²) in [6, 6.07) is 15.3. The average molecular weight is 405 g/mol. The van der Waals surface area contributed by atoms with E-state index >= 15 is 0 Å². The summed E-state index contributed by atoms with van der Waals surface area (Å²) < 4.78 is 27.7. The van der Waals surface area contributed by atoms with E-state index in [1.165, 1.54) is 11.1 Å². The van der Waals surface area contributed by atoms with Gasteiger partial charge in [0.1, 0.15) is 4.90 Å². The minimum absolute atomic E-state index is 0.221. The third-order valence-electron chi connectivity index (χ3n) is 5.66. The van der Waals surface area contributed by atoms with Crippen molar-refractivity contribution in [2.75, 3.05) is 26.2 Å². The molecule has 4 rings (SSSR count). The molecule has 0 aromatic heterocycles. The zero-order valence-corrected chi connectivity index (χ0v) is 16.9. The van der Waals surface area contributed by atoms with E-state index in [9.17, 15) is 8.42 Å². The van der Waals surface area contributed by atoms with Crippen LogP contribution in [0.1, 0.15) is 24.0 Å². The van der Waals surface area contributed by atoms with Crippen LogP contribution < -0.4 is 0 Å². The van der Waals surface area contributed by atoms with Gasteiger partial charge in [0.2, 0.25) is 10.0 Å². The predicted octanol–water partition coefficient (Wildman–Crippen LogP) is 3.80. The van der Waals surface area contributed by atoms with Crippen LogP contribution in [0.3, 0.4) is 0 Å². The van der Waals surface area contributed by atoms with E-state index < -0.39 is 10.0 Å². The molecule has 144 valence electrons. The topological polar surface area (TPSA) is 40.6 Å². The highest BCUT2D eigenvalue weighted by Crippen LogP contribution is 2.29. The molecule has 2 aromatic carbocycles. The van der Waals surface area contributed by atoms with Crippen LogP contribution in [0.2, 0.25) is 5.02 Å². The molecule has 0 radical (unpaired) electrons. The highest BCUT2D eigenvalue weighted by atomic mass is 35.5. The van der Waals surface area contributed by atoms with Crippen LogP contribution in [0, 0.1) is 5.92 Å². The Morgan fingerprint density at radius 2 is 1.74 bits per heavy atom. The predicted molar refractivity (Wildman–Crippen MR) is 108 cm³/mol. The summed E-state index contributed by atoms with van der Waals surface area (Å²) in [5.41, 5.74) is 2.85. The van der Waals surface area contributed by atoms with E-state index in [4.69, 9.17) is 11.6 Å². The number of rotatable bonds is 4. The Balaban J connectivity index is 1.44. The number of hydrogen-bond donors (Lipinski definition) is 0. The summed E-state index contributed by atoms with van der Waals surface area (Å²) in [7, 11) is -3.53. The quantitative estimate of drug-likeness (QED) is 0.778. The standard InChI is InChI=1S/C21H25ClN2O2S/c22-20-9-3-4-10-21(20)27(25,26)24-12-5-6-17(15-24)14-23-13-11-18-7-1-2-8-19(18)16-23/h1-4,7-10,17H,5-6,11-16H2. The summed E-state index contributed by atoms with van der Waals surface area (Å²) in [6.45, 7) is 4.11. The summed E-state index contributed by atoms with van der Waals surface area (Å²) in [4.78, 5) is 2.69. The molecule has 2 aliphatic heterocycles. The molecule has 6 heteroatoms. The van der Waals surface area contributed by atoms with Gasteiger partial charge in [-0.05, 0) is 48.4 Å². The Hall–Kier alpha value is -1.40. The van der Waals surface area contributed by atoms with Crippen LogP contribution in [0.25, 0.3) is 0 Å². The fourth-order valence-corrected chi connectivity index (χ4v) is 6.31. The highest BCUT2D eigenvalue weighted by molar-refractivity contribution is 7.89. The van der Waals surface area contributed by atoms with Gasteiger partial charge in [0.25, 0.3) is 0 Å². The monoisotopic (exact) mass is 404 g/mol. The molecule has 1 unspecified atom stereocenters. The van der Waals surface area contributed by atoms with Gasteiger partial charge in [-0.3, -0.25) is 4.90 Å². The van der Waals surface area contributed by atoms with Gasteiger partial charge in [-0.25, -0.2) is 8.42 Å². The fourth-order valence-electron chi connectivity index (χ4n) is 4.26. The SMILES string of the molecule is O=S(=O)(c1ccccc1Cl)N1CCCC(CN2CCc3ccccc3C2)C1. The second-order valence-electron chi connectivity index (χ2n) is 7.56. The zero-order valence-electron chi connectivity index (χ0n) is 15.4. The van der Waals surface area contributed by atoms with Gasteiger partial charge >= 0.3 is 0 Å². The maximum absolute atomic E-state index is 13.0. The molecule has 27 heavy (non-hydrogen) atoms. The Morgan fingerprint density at radius 1 is 1.00 bits per heavy atom. The Kier molecular flexibility index (Phi) is 5.55. The van der Waals surface area contributed by atoms with Crippen molar-refractivity contribution in [1.29, 1.82) is 0 Å². The van der Waals surface area contributed by atoms with Gasteiger partial charge in [-0.2, -0.15) is 4.31 Å². The van der Waals surface area contributed by atoms with Crippen molar-refractivity contribution >= 4 is 21.6 Å². The van der Waals surface area contributed by atoms with Crippen molar-refractivity contribution in [2.24, 2.45) is 5.92 Å². The van der Waals surface area contributed by atoms with Crippen molar-refractivity contribution in [3.05, 3.63) is 64.7 Å². The number of nitrogens with zero attached hydrogens (tertiary/aromatic N) is 2. The number of sulfonamides is 1. The highest BCUT2D eigenvalue weighted by Gasteiger charge is 2.32. The van der Waals surface area contributed by atoms with E-state index in [1.807, 2.05) is 0 Å². The normalized spacial score (nSPS) is 21.7. The van der Waals surface area contributed by atoms with Crippen LogP contribution in [0.5, 0.6) is 0 Å². The molecular formula is C21H25ClN2O2S. The number of halogens is 1. The molecular weight excluding hydrogens is 380 g/mol. The maximum Gasteiger partial charge on any atom is 0.244 e. The van der Waals surface area contributed by atoms with Crippen LogP contribution in [-0.4, -0.2) is 43.8 Å². The second kappa shape index (κ2) is 7.92. The molecule has 0 bridgehead atoms. The zero-order chi connectivity index (χ0) is 18.9. The molecule has 4 nitrogen and oxygen atoms in total. The molecule has 1 saturated heterocycles. The minimum Gasteiger partial charge on any atom is -0.298 e. The molecule has 2 aromatic rings. The molecule has 0 saturated carbocycles. The van der Waals surface area contributed by atoms with Crippen LogP contribution in [0.15, 0.2) is 53.4 Å². The number of fused-ring (bicyclic) bond motifs is 1. The maximum atomic E-state index is 13.0. The van der Waals surface area contributed by atoms with Gasteiger partial charge in [-0.15, -0.1) is 0 Å². The smallest absolute Gasteiger partial charge is 0.244 e. The van der Waals surface area contributed by atoms with Crippen molar-refractivity contribution in [3.63, 3.8) is 0 Å². The molecule has 2 aliphatic rings. The number of hydrogen-bond acceptors (Lipinski definition) is 3. The Morgan fingerprint density at radius 3 is 2.56 bits per heavy atom. The lowest BCUT2D eigenvalue weighted by molar-refractivity contribution is 0.167. The lowest BCUT2D eigenvalue weighted by Gasteiger charge is -2.36. The van der Waals surface area contributed by atoms with Crippen molar-refractivity contribution in [3.8, 4) is 0 Å². The summed E-state index contributed by atoms with van der Waals surface area (Å²) >= 11 is 6.15. The Bertz CT molecular complexity index is 916. The molecule has 2 heterocycles. The van der Waals surface area contributed by atoms with E-state index in [0.717, 1.165) is 38.9 Å². The summed E-state index contributed by atoms with van der Waals surface area (Å²) in [6.07, 6.45) is 3.05. The summed E-state index contributed by atoms with van der Waals surface area (Å²) in [5.74, 6) is 0.362. The van der Waals surface area contributed by atoms with E-state index in [0.29, 0.717) is 24.0 Å². The molecule has 1 fully saturated rings. The second-order valence-corrected chi connectivity index (χ2v) is 9.87. The first kappa shape index (κ1) is 18.9. The summed E-state index contributed by atoms with van der Waals surface area (Å²) in [5, 5.41) is 0.298. The molecule has 0 N–H and O–H groups in total. The molecule has 0 aliphatic carbocycles. The number of benzene rings is 2. The molecule has 0 amide bonds. The lowest BCUT2D eigenvalue weighted by Crippen LogP contribution is -2.44. The minimum atomic E-state index is -3.53. The van der Waals surface area contributed by atoms with E-state index in [-0.39, 0.29) is 4.90 Å². The first-order valence-corrected chi connectivity index (χ1v) is 11.4. The van der Waals surface area contributed by atoms with Gasteiger partial charge in [0.05, 0.1) is 5.02 Å². The van der Waals surface area contributed by atoms with Gasteiger partial charge in [0.15, 0.2) is 0 Å². The Labute approximate surface area is 166 Å². The lowest BCUT2D eigenvalue weighted by atomic mass is 9.95. The van der Waals surface area contributed by atoms with Crippen LogP contribution in [0.4, 0.5) is 0 Å². The molecule has 0 spiro atoms. The van der Waals surface area contributed by atoms with Gasteiger partial charge in [0, 0.05) is 32.7 Å². The average Bonchev–Trinajstić information content (AvgIpc) is 2.68. The van der Waals surface area contributed by atoms with E-state index in [1.54, 1.807) is 28.6 Å².